The topological polar surface area (TPSA) is 214 Å². The van der Waals surface area contributed by atoms with E-state index in [2.05, 4.69) is 0 Å². The summed E-state index contributed by atoms with van der Waals surface area (Å²) < 4.78 is 36.8. The highest BCUT2D eigenvalue weighted by Gasteiger charge is 2.54. The fourth-order valence-electron chi connectivity index (χ4n) is 8.49. The van der Waals surface area contributed by atoms with Crippen molar-refractivity contribution in [1.82, 2.24) is 4.90 Å². The quantitative estimate of drug-likeness (QED) is 0.198. The molecule has 3 aliphatic rings. The van der Waals surface area contributed by atoms with Crippen molar-refractivity contribution in [2.75, 3.05) is 21.2 Å². The average molecular weight is 750 g/mol. The van der Waals surface area contributed by atoms with Crippen LogP contribution in [0.1, 0.15) is 88.5 Å². The maximum Gasteiger partial charge on any atom is 0.311 e. The maximum absolute atomic E-state index is 14.1. The van der Waals surface area contributed by atoms with Gasteiger partial charge in [-0.05, 0) is 68.5 Å². The first-order chi connectivity index (χ1) is 23.9. The Hall–Kier alpha value is -1.34. The molecule has 6 N–H and O–H groups in total. The zero-order valence-corrected chi connectivity index (χ0v) is 33.3. The lowest BCUT2D eigenvalue weighted by atomic mass is 9.74. The first-order valence-electron chi connectivity index (χ1n) is 18.6. The van der Waals surface area contributed by atoms with Crippen molar-refractivity contribution >= 4 is 11.8 Å². The molecule has 2 unspecified atom stereocenters. The van der Waals surface area contributed by atoms with Crippen LogP contribution in [0.2, 0.25) is 0 Å². The van der Waals surface area contributed by atoms with Gasteiger partial charge in [0, 0.05) is 31.3 Å². The van der Waals surface area contributed by atoms with Crippen molar-refractivity contribution in [2.24, 2.45) is 23.7 Å². The molecule has 0 aliphatic carbocycles. The maximum atomic E-state index is 14.1. The lowest BCUT2D eigenvalue weighted by Crippen LogP contribution is -2.64. The van der Waals surface area contributed by atoms with Gasteiger partial charge in [-0.15, -0.1) is 0 Å². The first kappa shape index (κ1) is 45.1. The number of cyclic esters (lactones) is 1. The predicted molar refractivity (Wildman–Crippen MR) is 188 cm³/mol. The molecule has 0 aromatic carbocycles. The van der Waals surface area contributed by atoms with Crippen LogP contribution in [0, 0.1) is 23.7 Å². The third kappa shape index (κ3) is 9.19. The molecule has 15 heteroatoms. The highest BCUT2D eigenvalue weighted by Crippen LogP contribution is 2.40. The van der Waals surface area contributed by atoms with Gasteiger partial charge in [0.05, 0.1) is 59.8 Å². The fraction of sp³-hybridized carbons (Fsp3) is 0.946. The van der Waals surface area contributed by atoms with Gasteiger partial charge in [0.25, 0.3) is 0 Å². The number of ketones is 1. The smallest absolute Gasteiger partial charge is 0.311 e. The van der Waals surface area contributed by atoms with Crippen molar-refractivity contribution in [3.8, 4) is 0 Å². The van der Waals surface area contributed by atoms with E-state index in [0.717, 1.165) is 0 Å². The van der Waals surface area contributed by atoms with E-state index in [0.29, 0.717) is 0 Å². The molecular formula is C37H67NO14. The van der Waals surface area contributed by atoms with Crippen LogP contribution in [-0.4, -0.2) is 159 Å². The zero-order chi connectivity index (χ0) is 39.8. The molecule has 0 amide bonds. The summed E-state index contributed by atoms with van der Waals surface area (Å²) >= 11 is 0. The zero-order valence-electron chi connectivity index (χ0n) is 33.3. The summed E-state index contributed by atoms with van der Waals surface area (Å²) in [4.78, 5) is 29.5. The van der Waals surface area contributed by atoms with Gasteiger partial charge in [-0.1, -0.05) is 27.7 Å². The van der Waals surface area contributed by atoms with E-state index in [-0.39, 0.29) is 19.3 Å². The number of Topliss-reactive ketones (excluding diaryl/α,β-unsaturated/α-hetero) is 1. The monoisotopic (exact) mass is 749 g/mol. The van der Waals surface area contributed by atoms with Crippen LogP contribution in [-0.2, 0) is 38.0 Å². The van der Waals surface area contributed by atoms with Crippen molar-refractivity contribution < 1.29 is 68.6 Å². The van der Waals surface area contributed by atoms with Crippen LogP contribution in [0.5, 0.6) is 0 Å². The Morgan fingerprint density at radius 2 is 1.42 bits per heavy atom. The highest BCUT2D eigenvalue weighted by atomic mass is 16.7. The average Bonchev–Trinajstić information content (AvgIpc) is 3.06. The van der Waals surface area contributed by atoms with E-state index in [1.165, 1.54) is 27.9 Å². The van der Waals surface area contributed by atoms with Crippen molar-refractivity contribution in [2.45, 2.75) is 179 Å². The molecule has 304 valence electrons. The van der Waals surface area contributed by atoms with E-state index in [1.54, 1.807) is 67.5 Å². The molecular weight excluding hydrogens is 682 g/mol. The molecule has 3 rings (SSSR count). The van der Waals surface area contributed by atoms with Crippen LogP contribution in [0.4, 0.5) is 0 Å². The van der Waals surface area contributed by atoms with Crippen LogP contribution in [0.3, 0.4) is 0 Å². The number of hydrogen-bond donors (Lipinski definition) is 6. The van der Waals surface area contributed by atoms with E-state index in [9.17, 15) is 40.2 Å². The summed E-state index contributed by atoms with van der Waals surface area (Å²) in [5, 5.41) is 68.5. The molecule has 0 radical (unpaired) electrons. The minimum absolute atomic E-state index is 0.0637. The fourth-order valence-corrected chi connectivity index (χ4v) is 8.49. The molecule has 3 heterocycles. The minimum Gasteiger partial charge on any atom is -0.459 e. The number of carbonyl (C=O) groups is 2. The molecule has 19 atom stereocenters. The molecule has 3 aliphatic heterocycles. The van der Waals surface area contributed by atoms with Gasteiger partial charge < -0.3 is 64.0 Å². The number of rotatable bonds is 7. The number of aliphatic hydroxyl groups excluding tert-OH is 4. The van der Waals surface area contributed by atoms with E-state index < -0.39 is 126 Å². The highest BCUT2D eigenvalue weighted by molar-refractivity contribution is 5.83. The Morgan fingerprint density at radius 3 is 1.96 bits per heavy atom. The van der Waals surface area contributed by atoms with E-state index in [4.69, 9.17) is 28.4 Å². The van der Waals surface area contributed by atoms with Crippen LogP contribution in [0.15, 0.2) is 0 Å². The lowest BCUT2D eigenvalue weighted by molar-refractivity contribution is -0.327. The van der Waals surface area contributed by atoms with Crippen LogP contribution >= 0.6 is 0 Å². The summed E-state index contributed by atoms with van der Waals surface area (Å²) in [5.41, 5.74) is -4.96. The van der Waals surface area contributed by atoms with Crippen LogP contribution < -0.4 is 0 Å². The van der Waals surface area contributed by atoms with E-state index >= 15 is 0 Å². The van der Waals surface area contributed by atoms with Gasteiger partial charge in [0.1, 0.15) is 29.7 Å². The van der Waals surface area contributed by atoms with Crippen molar-refractivity contribution in [1.29, 1.82) is 0 Å². The molecule has 0 saturated carbocycles. The molecule has 0 bridgehead atoms. The predicted octanol–water partition coefficient (Wildman–Crippen LogP) is 0.756. The minimum atomic E-state index is -2.02. The second-order valence-electron chi connectivity index (χ2n) is 16.5. The molecule has 52 heavy (non-hydrogen) atoms. The number of likely N-dealkylation sites (N-methyl/N-ethyl adjacent to an activating group) is 1. The summed E-state index contributed by atoms with van der Waals surface area (Å²) in [7, 11) is 4.86. The lowest BCUT2D eigenvalue weighted by Gasteiger charge is -2.49. The van der Waals surface area contributed by atoms with Gasteiger partial charge >= 0.3 is 5.97 Å². The second kappa shape index (κ2) is 17.2. The Balaban J connectivity index is 2.20. The number of nitrogens with zero attached hydrogens (tertiary/aromatic N) is 1. The second-order valence-corrected chi connectivity index (χ2v) is 16.5. The Kier molecular flexibility index (Phi) is 14.9. The van der Waals surface area contributed by atoms with Crippen LogP contribution in [0.25, 0.3) is 0 Å². The van der Waals surface area contributed by atoms with Gasteiger partial charge in [0.2, 0.25) is 0 Å². The Bertz CT molecular complexity index is 1200. The number of aliphatic hydroxyl groups is 6. The first-order valence-corrected chi connectivity index (χ1v) is 18.6. The molecule has 3 fully saturated rings. The number of carbonyl (C=O) groups excluding carboxylic acids is 2. The summed E-state index contributed by atoms with van der Waals surface area (Å²) in [6.07, 6.45) is -12.6. The number of ether oxygens (including phenoxy) is 6. The Labute approximate surface area is 308 Å². The van der Waals surface area contributed by atoms with Gasteiger partial charge in [0.15, 0.2) is 12.6 Å². The standard InChI is InChI=1S/C37H67NO14/c1-14-23-37(10,46)30(42)18(3)26(39)17(2)15-35(8,45)32(52-34-28(41)25(38(11)12)27(40)21(6)49-34)19(4)29(20(5)33(44)50-23)51-24-16-36(9,47-13)31(43)22(7)48-24/h17-25,27-32,34,40-43,45-46H,14-16H2,1-13H3/t17-,18+,19+,20-,21-,22+,23?,24+,25+,27-,28-,29?,30-,31+,32-,34+,35-,36-,37-/m1/s1. The number of hydrogen-bond acceptors (Lipinski definition) is 15. The largest absolute Gasteiger partial charge is 0.459 e. The van der Waals surface area contributed by atoms with Crippen molar-refractivity contribution in [3.63, 3.8) is 0 Å². The third-order valence-corrected chi connectivity index (χ3v) is 12.0. The van der Waals surface area contributed by atoms with Gasteiger partial charge in [-0.25, -0.2) is 0 Å². The summed E-state index contributed by atoms with van der Waals surface area (Å²) in [6.45, 7) is 15.8. The molecule has 0 aromatic heterocycles. The number of methoxy groups -OCH3 is 1. The van der Waals surface area contributed by atoms with Gasteiger partial charge in [-0.3, -0.25) is 9.59 Å². The normalized spacial score (nSPS) is 50.5. The molecule has 3 saturated heterocycles. The SMILES string of the molecule is CCC1OC(=O)[C@H](C)C(O[C@H]2C[C@@](C)(OC)[C@@H](O)[C@H](C)O2)[C@H](C)[C@@H](O[C@@H]2O[C@H](C)[C@@H](O)[C@H](N(C)C)[C@H]2O)[C@](C)(O)C[C@@H](C)C(=O)[C@H](C)[C@@H](O)[C@]1(C)O. The van der Waals surface area contributed by atoms with Crippen molar-refractivity contribution in [3.05, 3.63) is 0 Å². The molecule has 0 aromatic rings. The number of esters is 1. The third-order valence-electron chi connectivity index (χ3n) is 12.0. The summed E-state index contributed by atoms with van der Waals surface area (Å²) in [6, 6.07) is -0.801. The summed E-state index contributed by atoms with van der Waals surface area (Å²) in [5.74, 6) is -5.23. The van der Waals surface area contributed by atoms with Gasteiger partial charge in [-0.2, -0.15) is 0 Å². The molecule has 15 nitrogen and oxygen atoms in total. The van der Waals surface area contributed by atoms with E-state index in [1.807, 2.05) is 0 Å². The molecule has 0 spiro atoms. The Morgan fingerprint density at radius 1 is 0.827 bits per heavy atom.